The Hall–Kier alpha value is -3.40. The maximum absolute atomic E-state index is 12.8. The van der Waals surface area contributed by atoms with Crippen molar-refractivity contribution in [3.63, 3.8) is 0 Å². The monoisotopic (exact) mass is 493 g/mol. The van der Waals surface area contributed by atoms with Gasteiger partial charge in [0, 0.05) is 44.2 Å². The number of hydrogen-bond acceptors (Lipinski definition) is 8. The molecule has 1 aliphatic carbocycles. The Bertz CT molecular complexity index is 1130. The first kappa shape index (κ1) is 24.3. The zero-order chi connectivity index (χ0) is 25.2. The minimum absolute atomic E-state index is 0.0702. The summed E-state index contributed by atoms with van der Waals surface area (Å²) in [6, 6.07) is 5.87. The predicted octanol–water partition coefficient (Wildman–Crippen LogP) is 2.78. The van der Waals surface area contributed by atoms with Crippen molar-refractivity contribution in [3.05, 3.63) is 30.0 Å². The number of amides is 2. The second-order valence-electron chi connectivity index (χ2n) is 10.00. The summed E-state index contributed by atoms with van der Waals surface area (Å²) < 4.78 is 5.59. The van der Waals surface area contributed by atoms with Crippen molar-refractivity contribution in [1.29, 1.82) is 0 Å². The molecule has 1 saturated carbocycles. The number of methoxy groups -OCH3 is 1. The van der Waals surface area contributed by atoms with Gasteiger partial charge in [-0.15, -0.1) is 0 Å². The van der Waals surface area contributed by atoms with E-state index in [4.69, 9.17) is 9.72 Å². The van der Waals surface area contributed by atoms with Crippen LogP contribution in [0.4, 0.5) is 23.1 Å². The van der Waals surface area contributed by atoms with Crippen molar-refractivity contribution in [2.75, 3.05) is 56.0 Å². The lowest BCUT2D eigenvalue weighted by Gasteiger charge is -2.30. The number of nitrogens with zero attached hydrogens (tertiary/aromatic N) is 5. The van der Waals surface area contributed by atoms with E-state index in [0.29, 0.717) is 42.0 Å². The highest BCUT2D eigenvalue weighted by atomic mass is 16.5. The number of nitrogens with one attached hydrogen (secondary N) is 2. The summed E-state index contributed by atoms with van der Waals surface area (Å²) in [5, 5.41) is 6.37. The Labute approximate surface area is 212 Å². The maximum Gasteiger partial charge on any atom is 0.251 e. The molecule has 0 spiro atoms. The number of likely N-dealkylation sites (tertiary alicyclic amines) is 1. The van der Waals surface area contributed by atoms with Gasteiger partial charge in [0.05, 0.1) is 19.0 Å². The van der Waals surface area contributed by atoms with Gasteiger partial charge in [-0.1, -0.05) is 12.8 Å². The minimum Gasteiger partial charge on any atom is -0.495 e. The third-order valence-corrected chi connectivity index (χ3v) is 7.53. The van der Waals surface area contributed by atoms with Gasteiger partial charge < -0.3 is 30.1 Å². The fourth-order valence-electron chi connectivity index (χ4n) is 5.45. The summed E-state index contributed by atoms with van der Waals surface area (Å²) in [6.07, 6.45) is 7.74. The van der Waals surface area contributed by atoms with Crippen molar-refractivity contribution in [1.82, 2.24) is 20.2 Å². The Morgan fingerprint density at radius 2 is 1.94 bits per heavy atom. The van der Waals surface area contributed by atoms with Gasteiger partial charge in [-0.25, -0.2) is 4.98 Å². The number of rotatable bonds is 6. The molecule has 1 unspecified atom stereocenters. The minimum atomic E-state index is -0.110. The molecular weight excluding hydrogens is 458 g/mol. The molecule has 2 N–H and O–H groups in total. The van der Waals surface area contributed by atoms with Crippen molar-refractivity contribution in [2.45, 2.75) is 50.6 Å². The Morgan fingerprint density at radius 1 is 1.14 bits per heavy atom. The first-order valence-electron chi connectivity index (χ1n) is 12.8. The average Bonchev–Trinajstić information content (AvgIpc) is 3.53. The highest BCUT2D eigenvalue weighted by molar-refractivity contribution is 5.97. The molecule has 2 amide bonds. The molecule has 3 heterocycles. The molecule has 5 rings (SSSR count). The number of benzene rings is 1. The van der Waals surface area contributed by atoms with Crippen LogP contribution in [0.2, 0.25) is 0 Å². The second kappa shape index (κ2) is 10.3. The topological polar surface area (TPSA) is 103 Å². The molecule has 192 valence electrons. The number of hydrogen-bond donors (Lipinski definition) is 2. The van der Waals surface area contributed by atoms with Crippen LogP contribution in [0.25, 0.3) is 0 Å². The van der Waals surface area contributed by atoms with Gasteiger partial charge in [-0.3, -0.25) is 9.59 Å². The van der Waals surface area contributed by atoms with Gasteiger partial charge in [-0.2, -0.15) is 4.98 Å². The molecule has 2 aliphatic heterocycles. The Morgan fingerprint density at radius 3 is 2.67 bits per heavy atom. The van der Waals surface area contributed by atoms with Crippen LogP contribution in [0.15, 0.2) is 24.4 Å². The van der Waals surface area contributed by atoms with Crippen LogP contribution in [-0.4, -0.2) is 79.6 Å². The number of likely N-dealkylation sites (N-methyl/N-ethyl adjacent to an activating group) is 1. The lowest BCUT2D eigenvalue weighted by Crippen LogP contribution is -2.36. The molecule has 0 radical (unpaired) electrons. The first-order valence-corrected chi connectivity index (χ1v) is 12.8. The fourth-order valence-corrected chi connectivity index (χ4v) is 5.45. The molecule has 1 atom stereocenters. The summed E-state index contributed by atoms with van der Waals surface area (Å²) in [7, 11) is 5.42. The first-order chi connectivity index (χ1) is 17.4. The van der Waals surface area contributed by atoms with E-state index in [1.54, 1.807) is 37.4 Å². The normalized spacial score (nSPS) is 20.9. The van der Waals surface area contributed by atoms with E-state index in [9.17, 15) is 9.59 Å². The molecule has 1 aromatic carbocycles. The van der Waals surface area contributed by atoms with Gasteiger partial charge in [-0.05, 0) is 51.1 Å². The van der Waals surface area contributed by atoms with Crippen LogP contribution >= 0.6 is 0 Å². The van der Waals surface area contributed by atoms with Gasteiger partial charge in [0.25, 0.3) is 5.91 Å². The van der Waals surface area contributed by atoms with Gasteiger partial charge in [0.2, 0.25) is 11.9 Å². The van der Waals surface area contributed by atoms with E-state index < -0.39 is 0 Å². The lowest BCUT2D eigenvalue weighted by atomic mass is 10.1. The zero-order valence-corrected chi connectivity index (χ0v) is 21.3. The third kappa shape index (κ3) is 4.95. The van der Waals surface area contributed by atoms with E-state index in [1.807, 2.05) is 6.07 Å². The maximum atomic E-state index is 12.8. The van der Waals surface area contributed by atoms with Crippen LogP contribution in [0, 0.1) is 0 Å². The Balaban J connectivity index is 1.38. The molecule has 36 heavy (non-hydrogen) atoms. The molecule has 1 saturated heterocycles. The lowest BCUT2D eigenvalue weighted by molar-refractivity contribution is -0.118. The van der Waals surface area contributed by atoms with Gasteiger partial charge in [0.1, 0.15) is 11.4 Å². The Kier molecular flexibility index (Phi) is 6.95. The average molecular weight is 494 g/mol. The van der Waals surface area contributed by atoms with Crippen molar-refractivity contribution < 1.29 is 14.3 Å². The summed E-state index contributed by atoms with van der Waals surface area (Å²) in [5.41, 5.74) is 1.94. The molecule has 0 bridgehead atoms. The van der Waals surface area contributed by atoms with E-state index in [0.717, 1.165) is 43.9 Å². The van der Waals surface area contributed by atoms with E-state index in [-0.39, 0.29) is 17.9 Å². The van der Waals surface area contributed by atoms with Crippen LogP contribution in [0.5, 0.6) is 5.75 Å². The molecule has 2 aromatic rings. The largest absolute Gasteiger partial charge is 0.495 e. The predicted molar refractivity (Wildman–Crippen MR) is 139 cm³/mol. The standard InChI is InChI=1S/C26H35N7O3/c1-31-12-10-18(16-31)28-25(35)17-8-9-20(22(14-17)36-3)29-26-27-15-21-24(30-26)33(19-6-4-5-7-19)13-11-23(34)32(21)2/h8-9,14-15,18-19H,4-7,10-13,16H2,1-3H3,(H,28,35)(H,27,29,30). The third-order valence-electron chi connectivity index (χ3n) is 7.53. The van der Waals surface area contributed by atoms with Crippen molar-refractivity contribution in [2.24, 2.45) is 0 Å². The number of carbonyl (C=O) groups excluding carboxylic acids is 2. The smallest absolute Gasteiger partial charge is 0.251 e. The van der Waals surface area contributed by atoms with E-state index >= 15 is 0 Å². The molecular formula is C26H35N7O3. The molecule has 2 fully saturated rings. The molecule has 10 heteroatoms. The van der Waals surface area contributed by atoms with Crippen LogP contribution in [0.1, 0.15) is 48.9 Å². The number of carbonyl (C=O) groups is 2. The number of ether oxygens (including phenoxy) is 1. The van der Waals surface area contributed by atoms with E-state index in [2.05, 4.69) is 32.5 Å². The molecule has 10 nitrogen and oxygen atoms in total. The van der Waals surface area contributed by atoms with Gasteiger partial charge >= 0.3 is 0 Å². The number of anilines is 4. The summed E-state index contributed by atoms with van der Waals surface area (Å²) in [6.45, 7) is 2.50. The van der Waals surface area contributed by atoms with Crippen LogP contribution in [0.3, 0.4) is 0 Å². The second-order valence-corrected chi connectivity index (χ2v) is 10.00. The van der Waals surface area contributed by atoms with Crippen molar-refractivity contribution in [3.8, 4) is 5.75 Å². The highest BCUT2D eigenvalue weighted by Gasteiger charge is 2.32. The quantitative estimate of drug-likeness (QED) is 0.633. The van der Waals surface area contributed by atoms with Gasteiger partial charge in [0.15, 0.2) is 5.82 Å². The highest BCUT2D eigenvalue weighted by Crippen LogP contribution is 2.37. The zero-order valence-electron chi connectivity index (χ0n) is 21.3. The van der Waals surface area contributed by atoms with Crippen LogP contribution < -0.4 is 25.2 Å². The SMILES string of the molecule is COc1cc(C(=O)NC2CCN(C)C2)ccc1Nc1ncc2c(n1)N(C1CCCC1)CCC(=O)N2C. The van der Waals surface area contributed by atoms with E-state index in [1.165, 1.54) is 12.8 Å². The number of aromatic nitrogens is 2. The summed E-state index contributed by atoms with van der Waals surface area (Å²) in [5.74, 6) is 1.69. The van der Waals surface area contributed by atoms with Crippen molar-refractivity contribution >= 4 is 35.0 Å². The molecule has 1 aromatic heterocycles. The summed E-state index contributed by atoms with van der Waals surface area (Å²) in [4.78, 5) is 40.9. The summed E-state index contributed by atoms with van der Waals surface area (Å²) >= 11 is 0. The fraction of sp³-hybridized carbons (Fsp3) is 0.538. The molecule has 3 aliphatic rings. The number of fused-ring (bicyclic) bond motifs is 1. The van der Waals surface area contributed by atoms with Crippen LogP contribution in [-0.2, 0) is 4.79 Å².